The van der Waals surface area contributed by atoms with Crippen LogP contribution in [0.15, 0.2) is 16.7 Å². The summed E-state index contributed by atoms with van der Waals surface area (Å²) in [6, 6.07) is 1.82. The van der Waals surface area contributed by atoms with Crippen molar-refractivity contribution in [1.82, 2.24) is 4.90 Å². The van der Waals surface area contributed by atoms with Gasteiger partial charge in [-0.05, 0) is 31.7 Å². The van der Waals surface area contributed by atoms with Gasteiger partial charge in [-0.15, -0.1) is 11.6 Å². The quantitative estimate of drug-likeness (QED) is 0.746. The second-order valence-corrected chi connectivity index (χ2v) is 4.66. The predicted octanol–water partition coefficient (Wildman–Crippen LogP) is 2.68. The lowest BCUT2D eigenvalue weighted by Crippen LogP contribution is -2.40. The van der Waals surface area contributed by atoms with E-state index < -0.39 is 0 Å². The number of piperidine rings is 1. The molecule has 0 saturated carbocycles. The van der Waals surface area contributed by atoms with Crippen molar-refractivity contribution in [3.05, 3.63) is 23.7 Å². The molecule has 3 nitrogen and oxygen atoms in total. The molecule has 0 spiro atoms. The molecule has 1 aromatic rings. The molecule has 0 radical (unpaired) electrons. The standard InChI is InChI=1S/C12H16ClNO2/c1-9-4-6-16-11(9)12(15)14-5-2-3-10(7-13)8-14/h4,6,10H,2-3,5,7-8H2,1H3. The van der Waals surface area contributed by atoms with Crippen LogP contribution in [-0.4, -0.2) is 29.8 Å². The van der Waals surface area contributed by atoms with E-state index in [-0.39, 0.29) is 5.91 Å². The lowest BCUT2D eigenvalue weighted by atomic mass is 10.00. The SMILES string of the molecule is Cc1ccoc1C(=O)N1CCCC(CCl)C1. The number of halogens is 1. The van der Waals surface area contributed by atoms with Crippen molar-refractivity contribution < 1.29 is 9.21 Å². The summed E-state index contributed by atoms with van der Waals surface area (Å²) < 4.78 is 5.22. The molecule has 1 aliphatic rings. The van der Waals surface area contributed by atoms with Crippen molar-refractivity contribution in [2.45, 2.75) is 19.8 Å². The zero-order valence-electron chi connectivity index (χ0n) is 9.41. The highest BCUT2D eigenvalue weighted by Gasteiger charge is 2.26. The third-order valence-electron chi connectivity index (χ3n) is 3.08. The molecule has 0 bridgehead atoms. The van der Waals surface area contributed by atoms with Gasteiger partial charge in [-0.2, -0.15) is 0 Å². The molecule has 1 saturated heterocycles. The molecule has 1 amide bonds. The summed E-state index contributed by atoms with van der Waals surface area (Å²) in [5.74, 6) is 1.52. The molecule has 88 valence electrons. The Morgan fingerprint density at radius 3 is 3.12 bits per heavy atom. The van der Waals surface area contributed by atoms with Crippen molar-refractivity contribution in [2.75, 3.05) is 19.0 Å². The Labute approximate surface area is 100 Å². The first-order valence-corrected chi connectivity index (χ1v) is 6.15. The van der Waals surface area contributed by atoms with E-state index in [1.165, 1.54) is 0 Å². The maximum absolute atomic E-state index is 12.1. The first kappa shape index (κ1) is 11.5. The van der Waals surface area contributed by atoms with Crippen LogP contribution < -0.4 is 0 Å². The van der Waals surface area contributed by atoms with Crippen LogP contribution in [0.3, 0.4) is 0 Å². The van der Waals surface area contributed by atoms with Crippen LogP contribution in [0, 0.1) is 12.8 Å². The summed E-state index contributed by atoms with van der Waals surface area (Å²) in [6.07, 6.45) is 3.71. The minimum absolute atomic E-state index is 0.00248. The second kappa shape index (κ2) is 4.91. The van der Waals surface area contributed by atoms with Gasteiger partial charge in [-0.1, -0.05) is 0 Å². The van der Waals surface area contributed by atoms with Crippen LogP contribution in [0.2, 0.25) is 0 Å². The summed E-state index contributed by atoms with van der Waals surface area (Å²) in [5, 5.41) is 0. The third kappa shape index (κ3) is 2.24. The van der Waals surface area contributed by atoms with Crippen molar-refractivity contribution in [3.63, 3.8) is 0 Å². The smallest absolute Gasteiger partial charge is 0.289 e. The van der Waals surface area contributed by atoms with Crippen molar-refractivity contribution >= 4 is 17.5 Å². The van der Waals surface area contributed by atoms with Gasteiger partial charge in [-0.25, -0.2) is 0 Å². The number of likely N-dealkylation sites (tertiary alicyclic amines) is 1. The molecule has 16 heavy (non-hydrogen) atoms. The molecule has 2 rings (SSSR count). The van der Waals surface area contributed by atoms with Gasteiger partial charge in [0.25, 0.3) is 5.91 Å². The molecular formula is C12H16ClNO2. The Kier molecular flexibility index (Phi) is 3.54. The molecule has 0 aromatic carbocycles. The summed E-state index contributed by atoms with van der Waals surface area (Å²) in [6.45, 7) is 3.45. The largest absolute Gasteiger partial charge is 0.459 e. The number of alkyl halides is 1. The monoisotopic (exact) mass is 241 g/mol. The second-order valence-electron chi connectivity index (χ2n) is 4.35. The number of hydrogen-bond donors (Lipinski definition) is 0. The van der Waals surface area contributed by atoms with Gasteiger partial charge in [0.1, 0.15) is 0 Å². The number of aryl methyl sites for hydroxylation is 1. The topological polar surface area (TPSA) is 33.5 Å². The molecule has 1 aromatic heterocycles. The van der Waals surface area contributed by atoms with Gasteiger partial charge >= 0.3 is 0 Å². The van der Waals surface area contributed by atoms with Gasteiger partial charge in [0.2, 0.25) is 0 Å². The summed E-state index contributed by atoms with van der Waals surface area (Å²) in [5.41, 5.74) is 0.901. The number of furan rings is 1. The Morgan fingerprint density at radius 2 is 2.50 bits per heavy atom. The Morgan fingerprint density at radius 1 is 1.69 bits per heavy atom. The molecule has 1 aliphatic heterocycles. The van der Waals surface area contributed by atoms with E-state index in [9.17, 15) is 4.79 Å². The van der Waals surface area contributed by atoms with E-state index in [0.29, 0.717) is 17.6 Å². The first-order chi connectivity index (χ1) is 7.72. The van der Waals surface area contributed by atoms with Crippen molar-refractivity contribution in [1.29, 1.82) is 0 Å². The van der Waals surface area contributed by atoms with Gasteiger partial charge in [0, 0.05) is 24.5 Å². The van der Waals surface area contributed by atoms with Gasteiger partial charge < -0.3 is 9.32 Å². The fraction of sp³-hybridized carbons (Fsp3) is 0.583. The molecule has 1 fully saturated rings. The highest BCUT2D eigenvalue weighted by molar-refractivity contribution is 6.18. The third-order valence-corrected chi connectivity index (χ3v) is 3.52. The molecule has 2 heterocycles. The molecule has 1 unspecified atom stereocenters. The van der Waals surface area contributed by atoms with Crippen LogP contribution in [0.1, 0.15) is 29.0 Å². The molecule has 0 aliphatic carbocycles. The van der Waals surface area contributed by atoms with Crippen molar-refractivity contribution in [2.24, 2.45) is 5.92 Å². The maximum atomic E-state index is 12.1. The fourth-order valence-electron chi connectivity index (χ4n) is 2.11. The Bertz CT molecular complexity index is 375. The van der Waals surface area contributed by atoms with E-state index in [4.69, 9.17) is 16.0 Å². The number of carbonyl (C=O) groups excluding carboxylic acids is 1. The van der Waals surface area contributed by atoms with Crippen LogP contribution in [-0.2, 0) is 0 Å². The van der Waals surface area contributed by atoms with Gasteiger partial charge in [-0.3, -0.25) is 4.79 Å². The average Bonchev–Trinajstić information content (AvgIpc) is 2.74. The van der Waals surface area contributed by atoms with E-state index in [1.54, 1.807) is 6.26 Å². The zero-order valence-corrected chi connectivity index (χ0v) is 10.2. The van der Waals surface area contributed by atoms with E-state index in [1.807, 2.05) is 17.9 Å². The normalized spacial score (nSPS) is 21.1. The number of hydrogen-bond acceptors (Lipinski definition) is 2. The molecular weight excluding hydrogens is 226 g/mol. The lowest BCUT2D eigenvalue weighted by Gasteiger charge is -2.31. The van der Waals surface area contributed by atoms with E-state index >= 15 is 0 Å². The number of rotatable bonds is 2. The summed E-state index contributed by atoms with van der Waals surface area (Å²) in [4.78, 5) is 14.0. The maximum Gasteiger partial charge on any atom is 0.289 e. The van der Waals surface area contributed by atoms with Crippen LogP contribution in [0.4, 0.5) is 0 Å². The predicted molar refractivity (Wildman–Crippen MR) is 62.8 cm³/mol. The summed E-state index contributed by atoms with van der Waals surface area (Å²) in [7, 11) is 0. The zero-order chi connectivity index (χ0) is 11.5. The van der Waals surface area contributed by atoms with E-state index in [2.05, 4.69) is 0 Å². The Balaban J connectivity index is 2.07. The van der Waals surface area contributed by atoms with Gasteiger partial charge in [0.15, 0.2) is 5.76 Å². The minimum Gasteiger partial charge on any atom is -0.459 e. The average molecular weight is 242 g/mol. The highest BCUT2D eigenvalue weighted by atomic mass is 35.5. The number of carbonyl (C=O) groups is 1. The van der Waals surface area contributed by atoms with Crippen LogP contribution in [0.5, 0.6) is 0 Å². The molecule has 4 heteroatoms. The fourth-order valence-corrected chi connectivity index (χ4v) is 2.36. The van der Waals surface area contributed by atoms with E-state index in [0.717, 1.165) is 31.5 Å². The number of nitrogens with zero attached hydrogens (tertiary/aromatic N) is 1. The molecule has 0 N–H and O–H groups in total. The number of amides is 1. The van der Waals surface area contributed by atoms with Crippen LogP contribution in [0.25, 0.3) is 0 Å². The summed E-state index contributed by atoms with van der Waals surface area (Å²) >= 11 is 5.85. The highest BCUT2D eigenvalue weighted by Crippen LogP contribution is 2.21. The minimum atomic E-state index is -0.00248. The van der Waals surface area contributed by atoms with Crippen LogP contribution >= 0.6 is 11.6 Å². The van der Waals surface area contributed by atoms with Crippen molar-refractivity contribution in [3.8, 4) is 0 Å². The first-order valence-electron chi connectivity index (χ1n) is 5.61. The lowest BCUT2D eigenvalue weighted by molar-refractivity contribution is 0.0651. The molecule has 1 atom stereocenters. The Hall–Kier alpha value is -0.960. The van der Waals surface area contributed by atoms with Gasteiger partial charge in [0.05, 0.1) is 6.26 Å².